The van der Waals surface area contributed by atoms with Gasteiger partial charge in [0.05, 0.1) is 0 Å². The minimum absolute atomic E-state index is 0.0672. The van der Waals surface area contributed by atoms with Crippen molar-refractivity contribution < 1.29 is 35.9 Å². The molecule has 0 aromatic heterocycles. The molecule has 2 rings (SSSR count). The van der Waals surface area contributed by atoms with E-state index in [9.17, 15) is 31.1 Å². The molecule has 0 N–H and O–H groups in total. The highest BCUT2D eigenvalue weighted by Crippen LogP contribution is 2.36. The zero-order chi connectivity index (χ0) is 18.0. The Bertz CT molecular complexity index is 412. The van der Waals surface area contributed by atoms with E-state index in [0.29, 0.717) is 19.1 Å². The Morgan fingerprint density at radius 2 is 1.38 bits per heavy atom. The molecule has 0 bridgehead atoms. The van der Waals surface area contributed by atoms with Crippen LogP contribution in [0.5, 0.6) is 0 Å². The van der Waals surface area contributed by atoms with E-state index < -0.39 is 24.5 Å². The first-order chi connectivity index (χ1) is 11.1. The Morgan fingerprint density at radius 1 is 0.875 bits per heavy atom. The molecule has 0 aromatic rings. The van der Waals surface area contributed by atoms with Gasteiger partial charge in [0.1, 0.15) is 0 Å². The number of halogens is 6. The standard InChI is InChI=1S/C14H20F6N2O2/c15-13(16,17)11(14(18,19)20)24-12(23)22-8-6-21(7-9-22)10-4-2-1-3-5-10/h10-11H,1-9H2. The maximum atomic E-state index is 12.4. The van der Waals surface area contributed by atoms with E-state index in [1.807, 2.05) is 0 Å². The molecule has 4 nitrogen and oxygen atoms in total. The van der Waals surface area contributed by atoms with Crippen molar-refractivity contribution in [3.05, 3.63) is 0 Å². The molecule has 1 amide bonds. The average molecular weight is 362 g/mol. The number of nitrogens with zero attached hydrogens (tertiary/aromatic N) is 2. The quantitative estimate of drug-likeness (QED) is 0.704. The third kappa shape index (κ3) is 4.90. The molecule has 0 unspecified atom stereocenters. The minimum Gasteiger partial charge on any atom is -0.426 e. The van der Waals surface area contributed by atoms with Crippen molar-refractivity contribution in [3.63, 3.8) is 0 Å². The molecule has 1 saturated heterocycles. The topological polar surface area (TPSA) is 32.8 Å². The summed E-state index contributed by atoms with van der Waals surface area (Å²) in [4.78, 5) is 14.7. The lowest BCUT2D eigenvalue weighted by Gasteiger charge is -2.40. The molecule has 2 aliphatic rings. The fourth-order valence-corrected chi connectivity index (χ4v) is 3.21. The molecule has 1 saturated carbocycles. The summed E-state index contributed by atoms with van der Waals surface area (Å²) in [6, 6.07) is 0.384. The van der Waals surface area contributed by atoms with E-state index >= 15 is 0 Å². The normalized spacial score (nSPS) is 22.0. The van der Waals surface area contributed by atoms with Crippen LogP contribution in [-0.2, 0) is 4.74 Å². The van der Waals surface area contributed by atoms with Crippen molar-refractivity contribution in [1.29, 1.82) is 0 Å². The number of amides is 1. The van der Waals surface area contributed by atoms with E-state index in [4.69, 9.17) is 0 Å². The Balaban J connectivity index is 1.87. The van der Waals surface area contributed by atoms with Crippen LogP contribution in [0.2, 0.25) is 0 Å². The van der Waals surface area contributed by atoms with E-state index in [1.54, 1.807) is 0 Å². The van der Waals surface area contributed by atoms with Crippen molar-refractivity contribution in [2.45, 2.75) is 56.6 Å². The molecule has 0 atom stereocenters. The molecule has 0 spiro atoms. The van der Waals surface area contributed by atoms with Crippen LogP contribution >= 0.6 is 0 Å². The molecule has 1 aliphatic heterocycles. The van der Waals surface area contributed by atoms with Crippen molar-refractivity contribution in [3.8, 4) is 0 Å². The van der Waals surface area contributed by atoms with Gasteiger partial charge in [-0.3, -0.25) is 4.90 Å². The van der Waals surface area contributed by atoms with Crippen LogP contribution in [0.3, 0.4) is 0 Å². The highest BCUT2D eigenvalue weighted by molar-refractivity contribution is 5.68. The molecule has 1 heterocycles. The van der Waals surface area contributed by atoms with E-state index in [0.717, 1.165) is 30.6 Å². The number of carbonyl (C=O) groups is 1. The second-order valence-electron chi connectivity index (χ2n) is 6.16. The van der Waals surface area contributed by atoms with Gasteiger partial charge in [0.15, 0.2) is 0 Å². The summed E-state index contributed by atoms with van der Waals surface area (Å²) in [6.45, 7) is 1.00. The van der Waals surface area contributed by atoms with Crippen LogP contribution in [0.15, 0.2) is 0 Å². The van der Waals surface area contributed by atoms with E-state index in [2.05, 4.69) is 9.64 Å². The highest BCUT2D eigenvalue weighted by Gasteiger charge is 2.60. The number of alkyl halides is 6. The van der Waals surface area contributed by atoms with Gasteiger partial charge in [0.2, 0.25) is 0 Å². The lowest BCUT2D eigenvalue weighted by Crippen LogP contribution is -2.54. The predicted octanol–water partition coefficient (Wildman–Crippen LogP) is 3.57. The van der Waals surface area contributed by atoms with Crippen molar-refractivity contribution in [1.82, 2.24) is 9.80 Å². The SMILES string of the molecule is O=C(OC(C(F)(F)F)C(F)(F)F)N1CCN(C2CCCCC2)CC1. The lowest BCUT2D eigenvalue weighted by molar-refractivity contribution is -0.308. The van der Waals surface area contributed by atoms with Crippen molar-refractivity contribution in [2.24, 2.45) is 0 Å². The first kappa shape index (κ1) is 19.1. The molecule has 0 radical (unpaired) electrons. The number of hydrogen-bond donors (Lipinski definition) is 0. The van der Waals surface area contributed by atoms with Gasteiger partial charge < -0.3 is 9.64 Å². The Morgan fingerprint density at radius 3 is 1.83 bits per heavy atom. The summed E-state index contributed by atoms with van der Waals surface area (Å²) in [5, 5.41) is 0. The molecule has 24 heavy (non-hydrogen) atoms. The van der Waals surface area contributed by atoms with Gasteiger partial charge in [0.25, 0.3) is 6.10 Å². The third-order valence-electron chi connectivity index (χ3n) is 4.48. The summed E-state index contributed by atoms with van der Waals surface area (Å²) in [5.41, 5.74) is 0. The van der Waals surface area contributed by atoms with Gasteiger partial charge in [-0.15, -0.1) is 0 Å². The first-order valence-corrected chi connectivity index (χ1v) is 7.92. The Kier molecular flexibility index (Phi) is 5.87. The van der Waals surface area contributed by atoms with E-state index in [1.165, 1.54) is 6.42 Å². The van der Waals surface area contributed by atoms with Gasteiger partial charge in [-0.05, 0) is 12.8 Å². The highest BCUT2D eigenvalue weighted by atomic mass is 19.4. The number of carbonyl (C=O) groups excluding carboxylic acids is 1. The molecule has 1 aliphatic carbocycles. The minimum atomic E-state index is -5.68. The maximum absolute atomic E-state index is 12.4. The summed E-state index contributed by atoms with van der Waals surface area (Å²) in [6.07, 6.45) is -11.5. The molecule has 140 valence electrons. The number of rotatable bonds is 2. The van der Waals surface area contributed by atoms with Crippen LogP contribution < -0.4 is 0 Å². The largest absolute Gasteiger partial charge is 0.434 e. The van der Waals surface area contributed by atoms with Gasteiger partial charge in [-0.2, -0.15) is 26.3 Å². The second-order valence-corrected chi connectivity index (χ2v) is 6.16. The molecular formula is C14H20F6N2O2. The third-order valence-corrected chi connectivity index (χ3v) is 4.48. The number of piperazine rings is 1. The van der Waals surface area contributed by atoms with Crippen LogP contribution in [0.4, 0.5) is 31.1 Å². The fraction of sp³-hybridized carbons (Fsp3) is 0.929. The summed E-state index contributed by atoms with van der Waals surface area (Å²) in [5.74, 6) is 0. The van der Waals surface area contributed by atoms with Crippen LogP contribution in [0.1, 0.15) is 32.1 Å². The number of hydrogen-bond acceptors (Lipinski definition) is 3. The van der Waals surface area contributed by atoms with Crippen LogP contribution in [0.25, 0.3) is 0 Å². The van der Waals surface area contributed by atoms with Crippen LogP contribution in [0, 0.1) is 0 Å². The number of ether oxygens (including phenoxy) is 1. The van der Waals surface area contributed by atoms with Gasteiger partial charge in [-0.25, -0.2) is 4.79 Å². The van der Waals surface area contributed by atoms with E-state index in [-0.39, 0.29) is 13.1 Å². The molecular weight excluding hydrogens is 342 g/mol. The molecule has 10 heteroatoms. The van der Waals surface area contributed by atoms with Gasteiger partial charge in [0, 0.05) is 32.2 Å². The zero-order valence-corrected chi connectivity index (χ0v) is 13.0. The maximum Gasteiger partial charge on any atom is 0.434 e. The second kappa shape index (κ2) is 7.37. The summed E-state index contributed by atoms with van der Waals surface area (Å²) >= 11 is 0. The van der Waals surface area contributed by atoms with Crippen LogP contribution in [-0.4, -0.2) is 66.6 Å². The Labute approximate surface area is 135 Å². The predicted molar refractivity (Wildman–Crippen MR) is 72.4 cm³/mol. The van der Waals surface area contributed by atoms with Gasteiger partial charge in [-0.1, -0.05) is 19.3 Å². The lowest BCUT2D eigenvalue weighted by atomic mass is 9.94. The van der Waals surface area contributed by atoms with Crippen molar-refractivity contribution >= 4 is 6.09 Å². The fourth-order valence-electron chi connectivity index (χ4n) is 3.21. The summed E-state index contributed by atoms with van der Waals surface area (Å²) < 4.78 is 78.3. The average Bonchev–Trinajstić information content (AvgIpc) is 2.51. The summed E-state index contributed by atoms with van der Waals surface area (Å²) in [7, 11) is 0. The monoisotopic (exact) mass is 362 g/mol. The smallest absolute Gasteiger partial charge is 0.426 e. The zero-order valence-electron chi connectivity index (χ0n) is 13.0. The molecule has 0 aromatic carbocycles. The van der Waals surface area contributed by atoms with Gasteiger partial charge >= 0.3 is 18.4 Å². The Hall–Kier alpha value is -1.19. The molecule has 2 fully saturated rings. The van der Waals surface area contributed by atoms with Crippen molar-refractivity contribution in [2.75, 3.05) is 26.2 Å². The first-order valence-electron chi connectivity index (χ1n) is 7.92.